The fraction of sp³-hybridized carbons (Fsp3) is 0.238. The van der Waals surface area contributed by atoms with Gasteiger partial charge in [-0.2, -0.15) is 5.10 Å². The topological polar surface area (TPSA) is 73.6 Å². The minimum absolute atomic E-state index is 0.119. The Balaban J connectivity index is 2.27. The molecule has 0 aliphatic carbocycles. The van der Waals surface area contributed by atoms with Gasteiger partial charge in [0.2, 0.25) is 9.84 Å². The number of hydrogen-bond donors (Lipinski definition) is 0. The van der Waals surface area contributed by atoms with Crippen LogP contribution in [0.3, 0.4) is 0 Å². The van der Waals surface area contributed by atoms with Crippen molar-refractivity contribution in [3.05, 3.63) is 64.9 Å². The molecule has 29 heavy (non-hydrogen) atoms. The number of allylic oxidation sites excluding steroid dienone is 3. The van der Waals surface area contributed by atoms with E-state index < -0.39 is 9.84 Å². The van der Waals surface area contributed by atoms with Crippen molar-refractivity contribution < 1.29 is 13.2 Å². The van der Waals surface area contributed by atoms with E-state index in [4.69, 9.17) is 4.74 Å². The Morgan fingerprint density at radius 1 is 1.17 bits per heavy atom. The number of fused-ring (bicyclic) bond motifs is 1. The Morgan fingerprint density at radius 2 is 1.86 bits per heavy atom. The van der Waals surface area contributed by atoms with E-state index in [1.807, 2.05) is 37.3 Å². The van der Waals surface area contributed by atoms with Gasteiger partial charge in [0.05, 0.1) is 16.3 Å². The van der Waals surface area contributed by atoms with Crippen LogP contribution in [0.4, 0.5) is 0 Å². The number of aryl methyl sites for hydroxylation is 2. The summed E-state index contributed by atoms with van der Waals surface area (Å²) in [5.41, 5.74) is 1.57. The maximum absolute atomic E-state index is 13.3. The molecule has 0 radical (unpaired) electrons. The maximum Gasteiger partial charge on any atom is 0.212 e. The SMILES string of the molecule is C/C=C\C(=C/C)S(=O)(=O)c1c(SC)nn2c(C)c(Oc3ccccc3)c(C)nc12. The number of aromatic nitrogens is 3. The lowest BCUT2D eigenvalue weighted by Gasteiger charge is -2.12. The number of ether oxygens (including phenoxy) is 1. The van der Waals surface area contributed by atoms with E-state index in [2.05, 4.69) is 10.1 Å². The van der Waals surface area contributed by atoms with Gasteiger partial charge in [0.15, 0.2) is 16.3 Å². The molecule has 0 bridgehead atoms. The molecule has 0 spiro atoms. The first-order chi connectivity index (χ1) is 13.8. The third kappa shape index (κ3) is 3.82. The molecule has 0 saturated heterocycles. The highest BCUT2D eigenvalue weighted by atomic mass is 32.2. The number of thioether (sulfide) groups is 1. The van der Waals surface area contributed by atoms with Crippen LogP contribution in [0.5, 0.6) is 11.5 Å². The van der Waals surface area contributed by atoms with Gasteiger partial charge in [-0.25, -0.2) is 17.9 Å². The van der Waals surface area contributed by atoms with Gasteiger partial charge in [-0.05, 0) is 52.2 Å². The van der Waals surface area contributed by atoms with Crippen molar-refractivity contribution in [3.63, 3.8) is 0 Å². The normalized spacial score (nSPS) is 12.8. The average molecular weight is 430 g/mol. The average Bonchev–Trinajstić information content (AvgIpc) is 3.09. The van der Waals surface area contributed by atoms with Gasteiger partial charge in [0.1, 0.15) is 10.8 Å². The zero-order valence-electron chi connectivity index (χ0n) is 17.0. The van der Waals surface area contributed by atoms with Gasteiger partial charge >= 0.3 is 0 Å². The van der Waals surface area contributed by atoms with Crippen LogP contribution in [-0.4, -0.2) is 29.3 Å². The molecule has 0 saturated carbocycles. The van der Waals surface area contributed by atoms with Crippen molar-refractivity contribution in [2.24, 2.45) is 0 Å². The van der Waals surface area contributed by atoms with Crippen LogP contribution in [0.2, 0.25) is 0 Å². The van der Waals surface area contributed by atoms with Crippen molar-refractivity contribution in [1.29, 1.82) is 0 Å². The number of sulfone groups is 1. The van der Waals surface area contributed by atoms with E-state index >= 15 is 0 Å². The van der Waals surface area contributed by atoms with Crippen LogP contribution < -0.4 is 4.74 Å². The number of para-hydroxylation sites is 1. The van der Waals surface area contributed by atoms with Crippen LogP contribution in [-0.2, 0) is 9.84 Å². The summed E-state index contributed by atoms with van der Waals surface area (Å²) >= 11 is 1.28. The molecule has 8 heteroatoms. The smallest absolute Gasteiger partial charge is 0.212 e. The van der Waals surface area contributed by atoms with E-state index in [1.54, 1.807) is 49.8 Å². The first kappa shape index (κ1) is 21.1. The van der Waals surface area contributed by atoms with E-state index in [0.717, 1.165) is 0 Å². The van der Waals surface area contributed by atoms with Crippen LogP contribution in [0.25, 0.3) is 5.65 Å². The third-order valence-electron chi connectivity index (χ3n) is 4.39. The predicted molar refractivity (Wildman–Crippen MR) is 117 cm³/mol. The van der Waals surface area contributed by atoms with Crippen molar-refractivity contribution in [1.82, 2.24) is 14.6 Å². The first-order valence-corrected chi connectivity index (χ1v) is 11.8. The molecular formula is C21H23N3O3S2. The Morgan fingerprint density at radius 3 is 2.45 bits per heavy atom. The van der Waals surface area contributed by atoms with E-state index in [0.29, 0.717) is 33.6 Å². The summed E-state index contributed by atoms with van der Waals surface area (Å²) in [4.78, 5) is 4.91. The molecular weight excluding hydrogens is 406 g/mol. The molecule has 0 N–H and O–H groups in total. The van der Waals surface area contributed by atoms with Crippen LogP contribution in [0.1, 0.15) is 25.2 Å². The van der Waals surface area contributed by atoms with Crippen LogP contribution in [0.15, 0.2) is 63.4 Å². The Labute approximate surface area is 175 Å². The lowest BCUT2D eigenvalue weighted by molar-refractivity contribution is 0.465. The van der Waals surface area contributed by atoms with Gasteiger partial charge in [0.25, 0.3) is 0 Å². The summed E-state index contributed by atoms with van der Waals surface area (Å²) in [6.45, 7) is 7.13. The molecule has 0 aliphatic rings. The molecule has 0 aliphatic heterocycles. The minimum Gasteiger partial charge on any atom is -0.454 e. The third-order valence-corrected chi connectivity index (χ3v) is 7.10. The molecule has 0 fully saturated rings. The standard InChI is InChI=1S/C21H23N3O3S2/c1-6-11-17(7-2)29(25,26)19-20-22-14(3)18(27-16-12-9-8-10-13-16)15(4)24(20)23-21(19)28-5/h6-13H,1-5H3/b11-6-,17-7+. The molecule has 2 heterocycles. The van der Waals surface area contributed by atoms with Crippen molar-refractivity contribution in [2.75, 3.05) is 6.26 Å². The summed E-state index contributed by atoms with van der Waals surface area (Å²) in [5, 5.41) is 4.93. The summed E-state index contributed by atoms with van der Waals surface area (Å²) < 4.78 is 34.3. The summed E-state index contributed by atoms with van der Waals surface area (Å²) in [6.07, 6.45) is 6.66. The Bertz CT molecular complexity index is 1210. The monoisotopic (exact) mass is 429 g/mol. The number of benzene rings is 1. The molecule has 0 amide bonds. The second kappa shape index (κ2) is 8.42. The molecule has 2 aromatic heterocycles. The highest BCUT2D eigenvalue weighted by molar-refractivity contribution is 8.00. The molecule has 1 aromatic carbocycles. The van der Waals surface area contributed by atoms with E-state index in [1.165, 1.54) is 11.8 Å². The minimum atomic E-state index is -3.78. The molecule has 0 atom stereocenters. The fourth-order valence-corrected chi connectivity index (χ4v) is 5.54. The largest absolute Gasteiger partial charge is 0.454 e. The molecule has 3 rings (SSSR count). The van der Waals surface area contributed by atoms with Gasteiger partial charge < -0.3 is 4.74 Å². The first-order valence-electron chi connectivity index (χ1n) is 9.06. The number of hydrogen-bond acceptors (Lipinski definition) is 6. The highest BCUT2D eigenvalue weighted by Crippen LogP contribution is 2.36. The number of nitrogens with zero attached hydrogens (tertiary/aromatic N) is 3. The van der Waals surface area contributed by atoms with E-state index in [-0.39, 0.29) is 9.80 Å². The van der Waals surface area contributed by atoms with Crippen molar-refractivity contribution >= 4 is 27.2 Å². The predicted octanol–water partition coefficient (Wildman–Crippen LogP) is 5.11. The van der Waals surface area contributed by atoms with Crippen molar-refractivity contribution in [2.45, 2.75) is 37.6 Å². The van der Waals surface area contributed by atoms with Crippen LogP contribution in [0, 0.1) is 13.8 Å². The van der Waals surface area contributed by atoms with Crippen molar-refractivity contribution in [3.8, 4) is 11.5 Å². The van der Waals surface area contributed by atoms with Crippen LogP contribution >= 0.6 is 11.8 Å². The summed E-state index contributed by atoms with van der Waals surface area (Å²) in [6, 6.07) is 9.38. The van der Waals surface area contributed by atoms with Gasteiger partial charge in [-0.1, -0.05) is 30.4 Å². The van der Waals surface area contributed by atoms with E-state index in [9.17, 15) is 8.42 Å². The lowest BCUT2D eigenvalue weighted by atomic mass is 10.3. The second-order valence-electron chi connectivity index (χ2n) is 6.30. The second-order valence-corrected chi connectivity index (χ2v) is 8.98. The van der Waals surface area contributed by atoms with Gasteiger partial charge in [-0.3, -0.25) is 0 Å². The zero-order chi connectivity index (χ0) is 21.2. The quantitative estimate of drug-likeness (QED) is 0.400. The Kier molecular flexibility index (Phi) is 6.14. The summed E-state index contributed by atoms with van der Waals surface area (Å²) in [5.74, 6) is 1.23. The molecule has 3 aromatic rings. The maximum atomic E-state index is 13.3. The highest BCUT2D eigenvalue weighted by Gasteiger charge is 2.30. The molecule has 152 valence electrons. The fourth-order valence-electron chi connectivity index (χ4n) is 3.02. The zero-order valence-corrected chi connectivity index (χ0v) is 18.6. The summed E-state index contributed by atoms with van der Waals surface area (Å²) in [7, 11) is -3.78. The number of rotatable bonds is 6. The van der Waals surface area contributed by atoms with Gasteiger partial charge in [-0.15, -0.1) is 11.8 Å². The molecule has 0 unspecified atom stereocenters. The Hall–Kier alpha value is -2.58. The molecule has 6 nitrogen and oxygen atoms in total. The lowest BCUT2D eigenvalue weighted by Crippen LogP contribution is -2.07. The van der Waals surface area contributed by atoms with Gasteiger partial charge in [0, 0.05) is 0 Å².